The highest BCUT2D eigenvalue weighted by molar-refractivity contribution is 6.08. The van der Waals surface area contributed by atoms with Crippen molar-refractivity contribution in [3.63, 3.8) is 0 Å². The second kappa shape index (κ2) is 19.9. The summed E-state index contributed by atoms with van der Waals surface area (Å²) >= 11 is 0. The first-order valence-electron chi connectivity index (χ1n) is 21.4. The zero-order valence-corrected chi connectivity index (χ0v) is 38.3. The number of carbonyl (C=O) groups is 6. The summed E-state index contributed by atoms with van der Waals surface area (Å²) in [6.07, 6.45) is -12.7. The predicted molar refractivity (Wildman–Crippen MR) is 243 cm³/mol. The van der Waals surface area contributed by atoms with Crippen LogP contribution in [0.15, 0.2) is 60.7 Å². The molecule has 2 aliphatic rings. The maximum absolute atomic E-state index is 14.6. The minimum Gasteiger partial charge on any atom is -0.504 e. The Bertz CT molecular complexity index is 3470. The van der Waals surface area contributed by atoms with Gasteiger partial charge < -0.3 is 120 Å². The highest BCUT2D eigenvalue weighted by Crippen LogP contribution is 2.53. The molecule has 0 saturated carbocycles. The lowest BCUT2D eigenvalue weighted by Crippen LogP contribution is -2.63. The predicted octanol–water partition coefficient (Wildman–Crippen LogP) is 2.30. The fraction of sp³-hybridized carbons (Fsp3) is 0.125. The van der Waals surface area contributed by atoms with E-state index < -0.39 is 221 Å². The van der Waals surface area contributed by atoms with Crippen LogP contribution in [0.5, 0.6) is 103 Å². The monoisotopic (exact) mass is 1090 g/mol. The number of rotatable bonds is 8. The molecule has 0 amide bonds. The molecule has 0 aliphatic carbocycles. The van der Waals surface area contributed by atoms with Gasteiger partial charge in [-0.2, -0.15) is 0 Å². The Hall–Kier alpha value is -11.3. The molecule has 5 atom stereocenters. The number of aromatic hydroxyl groups is 17. The highest BCUT2D eigenvalue weighted by atomic mass is 16.7. The van der Waals surface area contributed by atoms with Crippen LogP contribution >= 0.6 is 0 Å². The Kier molecular flexibility index (Phi) is 13.5. The normalized spacial score (nSPS) is 17.8. The van der Waals surface area contributed by atoms with Crippen LogP contribution in [0.3, 0.4) is 0 Å². The van der Waals surface area contributed by atoms with Gasteiger partial charge in [0.25, 0.3) is 0 Å². The molecule has 0 aromatic heterocycles. The summed E-state index contributed by atoms with van der Waals surface area (Å²) < 4.78 is 38.7. The fourth-order valence-electron chi connectivity index (χ4n) is 7.74. The molecule has 8 rings (SSSR count). The number of cyclic esters (lactones) is 1. The van der Waals surface area contributed by atoms with Gasteiger partial charge >= 0.3 is 35.8 Å². The molecule has 6 aromatic rings. The zero-order chi connectivity index (χ0) is 57.1. The number of hydrogen-bond acceptors (Lipinski definition) is 30. The largest absolute Gasteiger partial charge is 0.504 e. The lowest BCUT2D eigenvalue weighted by Gasteiger charge is -2.43. The summed E-state index contributed by atoms with van der Waals surface area (Å²) in [6, 6.07) is 4.98. The number of carbonyl (C=O) groups excluding carboxylic acids is 6. The van der Waals surface area contributed by atoms with E-state index in [1.807, 2.05) is 0 Å². The van der Waals surface area contributed by atoms with Gasteiger partial charge in [0.15, 0.2) is 98.5 Å². The van der Waals surface area contributed by atoms with Crippen molar-refractivity contribution < 1.29 is 149 Å². The topological polar surface area (TPSA) is 511 Å². The van der Waals surface area contributed by atoms with E-state index in [0.717, 1.165) is 0 Å². The molecule has 6 aromatic carbocycles. The van der Waals surface area contributed by atoms with E-state index in [1.54, 1.807) is 0 Å². The second-order valence-corrected chi connectivity index (χ2v) is 16.5. The van der Waals surface area contributed by atoms with Crippen LogP contribution in [-0.4, -0.2) is 160 Å². The molecule has 30 nitrogen and oxygen atoms in total. The van der Waals surface area contributed by atoms with Gasteiger partial charge in [0.1, 0.15) is 12.7 Å². The number of esters is 6. The average Bonchev–Trinajstić information content (AvgIpc) is 3.40. The van der Waals surface area contributed by atoms with Gasteiger partial charge in [0, 0.05) is 11.1 Å². The molecular weight excluding hydrogens is 1060 g/mol. The number of hydrogen-bond donors (Lipinski definition) is 17. The summed E-state index contributed by atoms with van der Waals surface area (Å²) in [6.45, 7) is -1.33. The highest BCUT2D eigenvalue weighted by Gasteiger charge is 2.55. The van der Waals surface area contributed by atoms with Crippen LogP contribution in [0.4, 0.5) is 0 Å². The maximum Gasteiger partial charge on any atom is 0.344 e. The Morgan fingerprint density at radius 2 is 0.744 bits per heavy atom. The van der Waals surface area contributed by atoms with Crippen molar-refractivity contribution in [1.82, 2.24) is 0 Å². The molecule has 30 heteroatoms. The molecule has 0 radical (unpaired) electrons. The van der Waals surface area contributed by atoms with Crippen molar-refractivity contribution in [2.75, 3.05) is 6.61 Å². The molecular formula is C48H34O30. The van der Waals surface area contributed by atoms with E-state index in [2.05, 4.69) is 0 Å². The number of fused-ring (bicyclic) bond motifs is 4. The smallest absolute Gasteiger partial charge is 0.344 e. The minimum absolute atomic E-state index is 0.365. The van der Waals surface area contributed by atoms with E-state index >= 15 is 0 Å². The molecule has 2 heterocycles. The lowest BCUT2D eigenvalue weighted by molar-refractivity contribution is -0.282. The first-order chi connectivity index (χ1) is 36.7. The van der Waals surface area contributed by atoms with E-state index in [1.165, 1.54) is 0 Å². The number of phenols is 17. The van der Waals surface area contributed by atoms with Crippen molar-refractivity contribution >= 4 is 35.8 Å². The third-order valence-corrected chi connectivity index (χ3v) is 11.5. The van der Waals surface area contributed by atoms with Gasteiger partial charge in [-0.3, -0.25) is 0 Å². The van der Waals surface area contributed by atoms with E-state index in [-0.39, 0.29) is 0 Å². The summed E-state index contributed by atoms with van der Waals surface area (Å²) in [5.74, 6) is -32.2. The average molecular weight is 1090 g/mol. The van der Waals surface area contributed by atoms with Crippen LogP contribution in [0.25, 0.3) is 11.1 Å². The summed E-state index contributed by atoms with van der Waals surface area (Å²) in [5.41, 5.74) is -7.76. The van der Waals surface area contributed by atoms with Crippen LogP contribution < -0.4 is 4.74 Å². The molecule has 5 unspecified atom stereocenters. The van der Waals surface area contributed by atoms with Crippen molar-refractivity contribution in [2.45, 2.75) is 30.7 Å². The minimum atomic E-state index is -2.66. The molecule has 1 fully saturated rings. The summed E-state index contributed by atoms with van der Waals surface area (Å²) in [5, 5.41) is 177. The van der Waals surface area contributed by atoms with Gasteiger partial charge in [0.2, 0.25) is 29.6 Å². The quantitative estimate of drug-likeness (QED) is 0.0450. The fourth-order valence-corrected chi connectivity index (χ4v) is 7.74. The Morgan fingerprint density at radius 3 is 1.17 bits per heavy atom. The van der Waals surface area contributed by atoms with Crippen LogP contribution in [0.2, 0.25) is 0 Å². The van der Waals surface area contributed by atoms with Crippen molar-refractivity contribution in [1.29, 1.82) is 0 Å². The van der Waals surface area contributed by atoms with E-state index in [4.69, 9.17) is 33.2 Å². The summed E-state index contributed by atoms with van der Waals surface area (Å²) in [7, 11) is 0. The van der Waals surface area contributed by atoms with E-state index in [9.17, 15) is 116 Å². The van der Waals surface area contributed by atoms with Gasteiger partial charge in [-0.1, -0.05) is 0 Å². The van der Waals surface area contributed by atoms with Gasteiger partial charge in [-0.25, -0.2) is 28.8 Å². The zero-order valence-electron chi connectivity index (χ0n) is 38.3. The Balaban J connectivity index is 1.29. The van der Waals surface area contributed by atoms with E-state index in [0.29, 0.717) is 60.7 Å². The number of phenolic OH excluding ortho intramolecular Hbond substituents is 17. The summed E-state index contributed by atoms with van der Waals surface area (Å²) in [4.78, 5) is 83.8. The molecule has 2 aliphatic heterocycles. The van der Waals surface area contributed by atoms with Crippen molar-refractivity contribution in [3.05, 3.63) is 94.0 Å². The number of benzene rings is 6. The lowest BCUT2D eigenvalue weighted by atomic mass is 9.92. The first kappa shape index (κ1) is 53.0. The molecule has 0 bridgehead atoms. The van der Waals surface area contributed by atoms with Gasteiger partial charge in [-0.05, 0) is 60.7 Å². The third-order valence-electron chi connectivity index (χ3n) is 11.5. The SMILES string of the molecule is O=C(Oc1c(O)cc(C(=O)OC2C3OC(=O)c4cc(O)c(O)c(O)c4-c4c(cc(O)c(O)c4O)C(=O)OCC3OC(OC(=O)c3cc(O)c(O)c(O)c3)C2OC(=O)c2cc(O)c(O)c(O)c2)cc1O)c1cc(O)c(O)c(O)c1. The molecule has 1 saturated heterocycles. The standard InChI is InChI=1S/C48H34O30/c49-18-1-12(2-19(50)31(18)59)42(66)74-38-26(57)7-15(8-27(38)58)43(67)76-40-39-28(11-72-46(70)16-9-24(55)34(62)36(64)29(16)30-17(47(71)75-39)10-25(56)35(63)37(30)65)73-48(78-45(69)14-5-22(53)33(61)23(54)6-14)41(40)77-44(68)13-3-20(51)32(60)21(52)4-13/h1-10,28,39-41,48-65H,11H2. The molecule has 17 N–H and O–H groups in total. The second-order valence-electron chi connectivity index (χ2n) is 16.5. The van der Waals surface area contributed by atoms with Crippen molar-refractivity contribution in [3.8, 4) is 115 Å². The molecule has 0 spiro atoms. The van der Waals surface area contributed by atoms with Crippen molar-refractivity contribution in [2.24, 2.45) is 0 Å². The van der Waals surface area contributed by atoms with Gasteiger partial charge in [-0.15, -0.1) is 0 Å². The third kappa shape index (κ3) is 9.56. The maximum atomic E-state index is 14.6. The molecule has 78 heavy (non-hydrogen) atoms. The van der Waals surface area contributed by atoms with Gasteiger partial charge in [0.05, 0.1) is 33.4 Å². The first-order valence-corrected chi connectivity index (χ1v) is 21.4. The Morgan fingerprint density at radius 1 is 0.397 bits per heavy atom. The molecule has 406 valence electrons. The number of ether oxygens (including phenoxy) is 7. The van der Waals surface area contributed by atoms with Crippen LogP contribution in [0.1, 0.15) is 62.1 Å². The van der Waals surface area contributed by atoms with Crippen LogP contribution in [0, 0.1) is 0 Å². The Labute approximate surface area is 429 Å². The van der Waals surface area contributed by atoms with Crippen LogP contribution in [-0.2, 0) is 28.4 Å².